The van der Waals surface area contributed by atoms with Crippen molar-refractivity contribution in [2.45, 2.75) is 12.8 Å². The highest BCUT2D eigenvalue weighted by Gasteiger charge is 2.04. The minimum Gasteiger partial charge on any atom is -0.409 e. The van der Waals surface area contributed by atoms with Crippen molar-refractivity contribution in [1.82, 2.24) is 4.90 Å². The molecule has 0 saturated heterocycles. The van der Waals surface area contributed by atoms with Crippen LogP contribution >= 0.6 is 0 Å². The molecule has 0 aromatic rings. The van der Waals surface area contributed by atoms with Crippen LogP contribution in [0.2, 0.25) is 0 Å². The van der Waals surface area contributed by atoms with Gasteiger partial charge in [0.1, 0.15) is 5.84 Å². The first kappa shape index (κ1) is 15.2. The van der Waals surface area contributed by atoms with Gasteiger partial charge in [-0.2, -0.15) is 0 Å². The van der Waals surface area contributed by atoms with Crippen molar-refractivity contribution in [2.75, 3.05) is 47.1 Å². The van der Waals surface area contributed by atoms with Crippen LogP contribution in [0.25, 0.3) is 0 Å². The zero-order valence-electron chi connectivity index (χ0n) is 10.2. The van der Waals surface area contributed by atoms with Gasteiger partial charge in [0, 0.05) is 33.7 Å². The summed E-state index contributed by atoms with van der Waals surface area (Å²) in [5.41, 5.74) is 5.39. The normalized spacial score (nSPS) is 12.3. The molecule has 0 heterocycles. The second-order valence-corrected chi connectivity index (χ2v) is 3.52. The number of oxime groups is 1. The molecule has 0 fully saturated rings. The zero-order chi connectivity index (χ0) is 12.2. The number of nitrogens with two attached hydrogens (primary N) is 1. The van der Waals surface area contributed by atoms with Gasteiger partial charge < -0.3 is 20.4 Å². The van der Waals surface area contributed by atoms with Crippen LogP contribution in [0.4, 0.5) is 0 Å². The Morgan fingerprint density at radius 1 is 1.19 bits per heavy atom. The van der Waals surface area contributed by atoms with Crippen molar-refractivity contribution >= 4 is 5.84 Å². The van der Waals surface area contributed by atoms with Crippen molar-refractivity contribution in [3.63, 3.8) is 0 Å². The quantitative estimate of drug-likeness (QED) is 0.242. The highest BCUT2D eigenvalue weighted by atomic mass is 16.5. The Labute approximate surface area is 97.0 Å². The Balaban J connectivity index is 3.72. The fourth-order valence-corrected chi connectivity index (χ4v) is 1.31. The summed E-state index contributed by atoms with van der Waals surface area (Å²) >= 11 is 0. The molecule has 0 aliphatic carbocycles. The molecule has 0 radical (unpaired) electrons. The predicted octanol–water partition coefficient (Wildman–Crippen LogP) is 0.108. The van der Waals surface area contributed by atoms with E-state index in [0.29, 0.717) is 19.6 Å². The third kappa shape index (κ3) is 8.46. The topological polar surface area (TPSA) is 80.3 Å². The number of hydrogen-bond acceptors (Lipinski definition) is 5. The molecule has 96 valence electrons. The molecule has 0 rings (SSSR count). The third-order valence-electron chi connectivity index (χ3n) is 2.26. The molecular formula is C10H23N3O3. The van der Waals surface area contributed by atoms with E-state index in [0.717, 1.165) is 26.1 Å². The maximum atomic E-state index is 8.39. The van der Waals surface area contributed by atoms with E-state index in [1.807, 2.05) is 0 Å². The first-order chi connectivity index (χ1) is 7.74. The number of ether oxygens (including phenoxy) is 2. The van der Waals surface area contributed by atoms with E-state index < -0.39 is 0 Å². The summed E-state index contributed by atoms with van der Waals surface area (Å²) in [6.45, 7) is 4.04. The van der Waals surface area contributed by atoms with E-state index in [-0.39, 0.29) is 5.84 Å². The molecule has 16 heavy (non-hydrogen) atoms. The van der Waals surface area contributed by atoms with Gasteiger partial charge in [0.15, 0.2) is 0 Å². The van der Waals surface area contributed by atoms with Crippen molar-refractivity contribution in [1.29, 1.82) is 0 Å². The fraction of sp³-hybridized carbons (Fsp3) is 0.900. The molecule has 6 nitrogen and oxygen atoms in total. The zero-order valence-corrected chi connectivity index (χ0v) is 10.2. The van der Waals surface area contributed by atoms with Gasteiger partial charge >= 0.3 is 0 Å². The van der Waals surface area contributed by atoms with Crippen molar-refractivity contribution in [3.8, 4) is 0 Å². The van der Waals surface area contributed by atoms with Crippen LogP contribution in [0.15, 0.2) is 5.16 Å². The van der Waals surface area contributed by atoms with E-state index in [9.17, 15) is 0 Å². The lowest BCUT2D eigenvalue weighted by Gasteiger charge is -2.21. The number of hydrogen-bond donors (Lipinski definition) is 2. The van der Waals surface area contributed by atoms with Gasteiger partial charge in [-0.25, -0.2) is 0 Å². The van der Waals surface area contributed by atoms with Gasteiger partial charge in [0.25, 0.3) is 0 Å². The molecule has 3 N–H and O–H groups in total. The van der Waals surface area contributed by atoms with E-state index in [2.05, 4.69) is 10.1 Å². The maximum absolute atomic E-state index is 8.39. The second-order valence-electron chi connectivity index (χ2n) is 3.52. The lowest BCUT2D eigenvalue weighted by molar-refractivity contribution is 0.113. The highest BCUT2D eigenvalue weighted by Crippen LogP contribution is 1.96. The second kappa shape index (κ2) is 10.7. The summed E-state index contributed by atoms with van der Waals surface area (Å²) in [5.74, 6) is 0.276. The van der Waals surface area contributed by atoms with Gasteiger partial charge in [0.2, 0.25) is 0 Å². The van der Waals surface area contributed by atoms with E-state index in [1.54, 1.807) is 14.2 Å². The average molecular weight is 233 g/mol. The maximum Gasteiger partial charge on any atom is 0.139 e. The van der Waals surface area contributed by atoms with Crippen molar-refractivity contribution < 1.29 is 14.7 Å². The monoisotopic (exact) mass is 233 g/mol. The molecule has 0 spiro atoms. The van der Waals surface area contributed by atoms with Crippen LogP contribution in [0.3, 0.4) is 0 Å². The summed E-state index contributed by atoms with van der Waals surface area (Å²) < 4.78 is 10.1. The lowest BCUT2D eigenvalue weighted by atomic mass is 10.2. The van der Waals surface area contributed by atoms with Crippen molar-refractivity contribution in [3.05, 3.63) is 0 Å². The largest absolute Gasteiger partial charge is 0.409 e. The molecule has 0 unspecified atom stereocenters. The van der Waals surface area contributed by atoms with E-state index in [1.165, 1.54) is 0 Å². The number of amidine groups is 1. The van der Waals surface area contributed by atoms with Gasteiger partial charge in [-0.3, -0.25) is 4.90 Å². The lowest BCUT2D eigenvalue weighted by Crippen LogP contribution is -2.32. The Bertz CT molecular complexity index is 180. The van der Waals surface area contributed by atoms with Crippen molar-refractivity contribution in [2.24, 2.45) is 10.9 Å². The molecule has 0 aliphatic rings. The fourth-order valence-electron chi connectivity index (χ4n) is 1.31. The van der Waals surface area contributed by atoms with Gasteiger partial charge in [0.05, 0.1) is 13.2 Å². The van der Waals surface area contributed by atoms with Crippen LogP contribution < -0.4 is 5.73 Å². The molecule has 0 bridgehead atoms. The molecular weight excluding hydrogens is 210 g/mol. The van der Waals surface area contributed by atoms with Crippen LogP contribution in [-0.2, 0) is 9.47 Å². The molecule has 0 amide bonds. The Kier molecular flexibility index (Phi) is 10.1. The predicted molar refractivity (Wildman–Crippen MR) is 62.8 cm³/mol. The van der Waals surface area contributed by atoms with Crippen LogP contribution in [0, 0.1) is 0 Å². The first-order valence-corrected chi connectivity index (χ1v) is 5.41. The standard InChI is InChI=1S/C10H23N3O3/c1-15-8-6-13(7-9-16-2)5-3-4-10(11)12-14/h14H,3-9H2,1-2H3,(H2,11,12). The third-order valence-corrected chi connectivity index (χ3v) is 2.26. The van der Waals surface area contributed by atoms with Gasteiger partial charge in [-0.1, -0.05) is 5.16 Å². The summed E-state index contributed by atoms with van der Waals surface area (Å²) in [4.78, 5) is 2.23. The van der Waals surface area contributed by atoms with Gasteiger partial charge in [-0.15, -0.1) is 0 Å². The van der Waals surface area contributed by atoms with Crippen LogP contribution in [-0.4, -0.2) is 63.0 Å². The summed E-state index contributed by atoms with van der Waals surface area (Å²) in [7, 11) is 3.37. The van der Waals surface area contributed by atoms with Crippen LogP contribution in [0.1, 0.15) is 12.8 Å². The highest BCUT2D eigenvalue weighted by molar-refractivity contribution is 5.79. The number of rotatable bonds is 10. The molecule has 0 aliphatic heterocycles. The van der Waals surface area contributed by atoms with Crippen LogP contribution in [0.5, 0.6) is 0 Å². The number of nitrogens with zero attached hydrogens (tertiary/aromatic N) is 2. The average Bonchev–Trinajstić information content (AvgIpc) is 2.31. The molecule has 0 aromatic carbocycles. The first-order valence-electron chi connectivity index (χ1n) is 5.41. The minimum atomic E-state index is 0.276. The molecule has 0 aromatic heterocycles. The Hall–Kier alpha value is -0.850. The Morgan fingerprint density at radius 2 is 1.75 bits per heavy atom. The summed E-state index contributed by atoms with van der Waals surface area (Å²) in [6.07, 6.45) is 1.47. The molecule has 0 saturated carbocycles. The number of methoxy groups -OCH3 is 2. The van der Waals surface area contributed by atoms with E-state index in [4.69, 9.17) is 20.4 Å². The van der Waals surface area contributed by atoms with Gasteiger partial charge in [-0.05, 0) is 13.0 Å². The molecule has 0 atom stereocenters. The molecule has 6 heteroatoms. The summed E-state index contributed by atoms with van der Waals surface area (Å²) in [6, 6.07) is 0. The van der Waals surface area contributed by atoms with E-state index >= 15 is 0 Å². The Morgan fingerprint density at radius 3 is 2.19 bits per heavy atom. The smallest absolute Gasteiger partial charge is 0.139 e. The minimum absolute atomic E-state index is 0.276. The summed E-state index contributed by atoms with van der Waals surface area (Å²) in [5, 5.41) is 11.3. The SMILES string of the molecule is COCCN(CCC/C(N)=N/O)CCOC.